The van der Waals surface area contributed by atoms with Crippen LogP contribution in [0.2, 0.25) is 0 Å². The minimum atomic E-state index is 1.15. The maximum absolute atomic E-state index is 2.41. The van der Waals surface area contributed by atoms with Crippen LogP contribution in [0.3, 0.4) is 0 Å². The standard InChI is InChI=1S/C60H40N2/c1-5-15-41(16-6-1)43-19-13-21-45(35-43)47-27-31-57-53(37-47)55-39-49(29-33-59(55)61(57)51-23-9-3-10-24-51)50-30-34-60-56(40-50)54-38-48(28-32-58(54)62(60)52-25-11-4-12-26-52)46-22-14-20-44(36-46)42-17-7-2-8-18-42/h1-40H. The fourth-order valence-electron chi connectivity index (χ4n) is 9.49. The van der Waals surface area contributed by atoms with E-state index in [-0.39, 0.29) is 0 Å². The van der Waals surface area contributed by atoms with Crippen molar-refractivity contribution in [3.8, 4) is 67.0 Å². The number of benzene rings is 10. The van der Waals surface area contributed by atoms with Crippen molar-refractivity contribution in [1.82, 2.24) is 9.13 Å². The lowest BCUT2D eigenvalue weighted by Crippen LogP contribution is -1.93. The molecule has 12 aromatic rings. The van der Waals surface area contributed by atoms with Gasteiger partial charge >= 0.3 is 0 Å². The summed E-state index contributed by atoms with van der Waals surface area (Å²) in [4.78, 5) is 0. The zero-order valence-corrected chi connectivity index (χ0v) is 34.0. The van der Waals surface area contributed by atoms with Gasteiger partial charge in [0, 0.05) is 32.9 Å². The van der Waals surface area contributed by atoms with Crippen LogP contribution in [0.15, 0.2) is 243 Å². The van der Waals surface area contributed by atoms with Crippen molar-refractivity contribution < 1.29 is 0 Å². The summed E-state index contributed by atoms with van der Waals surface area (Å²) in [5, 5.41) is 4.93. The first-order valence-corrected chi connectivity index (χ1v) is 21.3. The molecule has 0 aliphatic heterocycles. The molecular formula is C60H40N2. The molecule has 62 heavy (non-hydrogen) atoms. The van der Waals surface area contributed by atoms with Gasteiger partial charge in [0.25, 0.3) is 0 Å². The monoisotopic (exact) mass is 788 g/mol. The maximum Gasteiger partial charge on any atom is 0.0541 e. The first-order chi connectivity index (χ1) is 30.7. The first-order valence-electron chi connectivity index (χ1n) is 21.3. The highest BCUT2D eigenvalue weighted by Gasteiger charge is 2.18. The van der Waals surface area contributed by atoms with E-state index in [2.05, 4.69) is 252 Å². The molecule has 0 unspecified atom stereocenters. The quantitative estimate of drug-likeness (QED) is 0.152. The van der Waals surface area contributed by atoms with E-state index in [1.54, 1.807) is 0 Å². The molecule has 2 aromatic heterocycles. The van der Waals surface area contributed by atoms with Crippen molar-refractivity contribution >= 4 is 43.6 Å². The molecular weight excluding hydrogens is 749 g/mol. The van der Waals surface area contributed by atoms with Gasteiger partial charge in [-0.1, -0.05) is 158 Å². The molecule has 12 rings (SSSR count). The van der Waals surface area contributed by atoms with E-state index in [1.165, 1.54) is 99.2 Å². The van der Waals surface area contributed by atoms with Gasteiger partial charge in [0.05, 0.1) is 22.1 Å². The second-order valence-corrected chi connectivity index (χ2v) is 16.2. The minimum absolute atomic E-state index is 1.15. The fourth-order valence-corrected chi connectivity index (χ4v) is 9.49. The Morgan fingerprint density at radius 1 is 0.177 bits per heavy atom. The molecule has 0 N–H and O–H groups in total. The van der Waals surface area contributed by atoms with Crippen LogP contribution in [-0.2, 0) is 0 Å². The average molecular weight is 789 g/mol. The van der Waals surface area contributed by atoms with Crippen LogP contribution >= 0.6 is 0 Å². The third-order valence-electron chi connectivity index (χ3n) is 12.5. The van der Waals surface area contributed by atoms with Crippen molar-refractivity contribution in [3.63, 3.8) is 0 Å². The Morgan fingerprint density at radius 3 is 0.726 bits per heavy atom. The number of rotatable bonds is 7. The van der Waals surface area contributed by atoms with Crippen molar-refractivity contribution in [2.75, 3.05) is 0 Å². The Balaban J connectivity index is 1.03. The third-order valence-corrected chi connectivity index (χ3v) is 12.5. The lowest BCUT2D eigenvalue weighted by atomic mass is 9.96. The molecule has 0 spiro atoms. The molecule has 0 amide bonds. The SMILES string of the molecule is c1ccc(-c2cccc(-c3ccc4c(c3)c3cc(-c5ccc6c(c5)c5cc(-c7cccc(-c8ccccc8)c7)ccc5n6-c5ccccc5)ccc3n4-c3ccccc3)c2)cc1. The van der Waals surface area contributed by atoms with Gasteiger partial charge in [-0.15, -0.1) is 0 Å². The fraction of sp³-hybridized carbons (Fsp3) is 0. The van der Waals surface area contributed by atoms with Crippen molar-refractivity contribution in [2.45, 2.75) is 0 Å². The Labute approximate surface area is 360 Å². The lowest BCUT2D eigenvalue weighted by Gasteiger charge is -2.09. The van der Waals surface area contributed by atoms with Crippen LogP contribution in [-0.4, -0.2) is 9.13 Å². The lowest BCUT2D eigenvalue weighted by molar-refractivity contribution is 1.18. The molecule has 0 atom stereocenters. The maximum atomic E-state index is 2.41. The number of nitrogens with zero attached hydrogens (tertiary/aromatic N) is 2. The molecule has 290 valence electrons. The molecule has 0 saturated carbocycles. The second kappa shape index (κ2) is 14.8. The van der Waals surface area contributed by atoms with Gasteiger partial charge in [-0.05, 0) is 141 Å². The van der Waals surface area contributed by atoms with Crippen LogP contribution in [0.5, 0.6) is 0 Å². The van der Waals surface area contributed by atoms with Crippen LogP contribution in [0.25, 0.3) is 111 Å². The highest BCUT2D eigenvalue weighted by Crippen LogP contribution is 2.41. The van der Waals surface area contributed by atoms with E-state index in [1.807, 2.05) is 0 Å². The zero-order valence-electron chi connectivity index (χ0n) is 34.0. The van der Waals surface area contributed by atoms with E-state index in [9.17, 15) is 0 Å². The Kier molecular flexibility index (Phi) is 8.53. The number of hydrogen-bond donors (Lipinski definition) is 0. The van der Waals surface area contributed by atoms with Crippen LogP contribution in [0.1, 0.15) is 0 Å². The average Bonchev–Trinajstić information content (AvgIpc) is 3.86. The third kappa shape index (κ3) is 6.12. The second-order valence-electron chi connectivity index (χ2n) is 16.2. The normalized spacial score (nSPS) is 11.5. The predicted molar refractivity (Wildman–Crippen MR) is 262 cm³/mol. The summed E-state index contributed by atoms with van der Waals surface area (Å²) >= 11 is 0. The number of fused-ring (bicyclic) bond motifs is 6. The van der Waals surface area contributed by atoms with E-state index < -0.39 is 0 Å². The summed E-state index contributed by atoms with van der Waals surface area (Å²) in [6.07, 6.45) is 0. The van der Waals surface area contributed by atoms with Gasteiger partial charge in [-0.3, -0.25) is 0 Å². The zero-order chi connectivity index (χ0) is 41.0. The Hall–Kier alpha value is -8.20. The summed E-state index contributed by atoms with van der Waals surface area (Å²) < 4.78 is 4.81. The molecule has 2 heterocycles. The Morgan fingerprint density at radius 2 is 0.419 bits per heavy atom. The molecule has 0 fully saturated rings. The highest BCUT2D eigenvalue weighted by molar-refractivity contribution is 6.14. The van der Waals surface area contributed by atoms with E-state index in [4.69, 9.17) is 0 Å². The van der Waals surface area contributed by atoms with Gasteiger partial charge in [0.2, 0.25) is 0 Å². The predicted octanol–water partition coefficient (Wildman–Crippen LogP) is 16.2. The van der Waals surface area contributed by atoms with E-state index in [0.29, 0.717) is 0 Å². The van der Waals surface area contributed by atoms with Gasteiger partial charge in [0.1, 0.15) is 0 Å². The van der Waals surface area contributed by atoms with Gasteiger partial charge in [-0.2, -0.15) is 0 Å². The summed E-state index contributed by atoms with van der Waals surface area (Å²) in [5.74, 6) is 0. The summed E-state index contributed by atoms with van der Waals surface area (Å²) in [5.41, 5.74) is 19.1. The van der Waals surface area contributed by atoms with Crippen LogP contribution in [0.4, 0.5) is 0 Å². The van der Waals surface area contributed by atoms with Gasteiger partial charge in [-0.25, -0.2) is 0 Å². The highest BCUT2D eigenvalue weighted by atomic mass is 15.0. The summed E-state index contributed by atoms with van der Waals surface area (Å²) in [6, 6.07) is 88.5. The van der Waals surface area contributed by atoms with Crippen LogP contribution in [0, 0.1) is 0 Å². The largest absolute Gasteiger partial charge is 0.309 e. The van der Waals surface area contributed by atoms with Gasteiger partial charge < -0.3 is 9.13 Å². The number of aromatic nitrogens is 2. The van der Waals surface area contributed by atoms with E-state index >= 15 is 0 Å². The number of para-hydroxylation sites is 2. The summed E-state index contributed by atoms with van der Waals surface area (Å²) in [7, 11) is 0. The molecule has 10 aromatic carbocycles. The van der Waals surface area contributed by atoms with Crippen molar-refractivity contribution in [3.05, 3.63) is 243 Å². The van der Waals surface area contributed by atoms with Crippen molar-refractivity contribution in [2.24, 2.45) is 0 Å². The molecule has 0 aliphatic carbocycles. The molecule has 2 heteroatoms. The molecule has 0 radical (unpaired) electrons. The minimum Gasteiger partial charge on any atom is -0.309 e. The molecule has 0 aliphatic rings. The molecule has 2 nitrogen and oxygen atoms in total. The first kappa shape index (κ1) is 35.7. The number of hydrogen-bond acceptors (Lipinski definition) is 0. The topological polar surface area (TPSA) is 9.86 Å². The smallest absolute Gasteiger partial charge is 0.0541 e. The van der Waals surface area contributed by atoms with Crippen LogP contribution < -0.4 is 0 Å². The molecule has 0 bridgehead atoms. The van der Waals surface area contributed by atoms with Crippen molar-refractivity contribution in [1.29, 1.82) is 0 Å². The molecule has 0 saturated heterocycles. The summed E-state index contributed by atoms with van der Waals surface area (Å²) in [6.45, 7) is 0. The van der Waals surface area contributed by atoms with E-state index in [0.717, 1.165) is 11.4 Å². The Bertz CT molecular complexity index is 3360. The van der Waals surface area contributed by atoms with Gasteiger partial charge in [0.15, 0.2) is 0 Å².